The van der Waals surface area contributed by atoms with E-state index in [1.54, 1.807) is 0 Å². The van der Waals surface area contributed by atoms with E-state index in [4.69, 9.17) is 0 Å². The van der Waals surface area contributed by atoms with Crippen LogP contribution < -0.4 is 9.88 Å². The van der Waals surface area contributed by atoms with Gasteiger partial charge < -0.3 is 5.32 Å². The van der Waals surface area contributed by atoms with Gasteiger partial charge >= 0.3 is 0 Å². The first-order valence-corrected chi connectivity index (χ1v) is 8.50. The van der Waals surface area contributed by atoms with Crippen LogP contribution in [0.15, 0.2) is 72.9 Å². The largest absolute Gasteiger partial charge is 0.320 e. The zero-order chi connectivity index (χ0) is 17.8. The van der Waals surface area contributed by atoms with Crippen LogP contribution in [-0.2, 0) is 4.79 Å². The van der Waals surface area contributed by atoms with Crippen LogP contribution in [0, 0.1) is 13.8 Å². The average molecular weight is 331 g/mol. The van der Waals surface area contributed by atoms with Gasteiger partial charge in [-0.1, -0.05) is 48.5 Å². The highest BCUT2D eigenvalue weighted by atomic mass is 16.2. The molecule has 0 aliphatic carbocycles. The highest BCUT2D eigenvalue weighted by Crippen LogP contribution is 2.27. The molecular weight excluding hydrogens is 308 g/mol. The Bertz CT molecular complexity index is 888. The molecule has 3 rings (SSSR count). The van der Waals surface area contributed by atoms with Gasteiger partial charge in [-0.2, -0.15) is 4.57 Å². The predicted octanol–water partition coefficient (Wildman–Crippen LogP) is 4.46. The summed E-state index contributed by atoms with van der Waals surface area (Å²) in [6.07, 6.45) is 1.95. The minimum Gasteiger partial charge on any atom is -0.320 e. The molecule has 0 unspecified atom stereocenters. The molecule has 0 fully saturated rings. The van der Waals surface area contributed by atoms with Gasteiger partial charge in [-0.15, -0.1) is 0 Å². The minimum atomic E-state index is -0.288. The summed E-state index contributed by atoms with van der Waals surface area (Å²) in [5, 5.41) is 3.09. The van der Waals surface area contributed by atoms with E-state index in [1.807, 2.05) is 85.3 Å². The summed E-state index contributed by atoms with van der Waals surface area (Å²) in [5.74, 6) is -0.0259. The van der Waals surface area contributed by atoms with Gasteiger partial charge in [-0.05, 0) is 24.6 Å². The smallest absolute Gasteiger partial charge is 0.293 e. The number of nitrogens with zero attached hydrogens (tertiary/aromatic N) is 1. The van der Waals surface area contributed by atoms with Crippen molar-refractivity contribution in [2.75, 3.05) is 5.32 Å². The van der Waals surface area contributed by atoms with Crippen molar-refractivity contribution < 1.29 is 9.36 Å². The van der Waals surface area contributed by atoms with Crippen LogP contribution in [-0.4, -0.2) is 5.91 Å². The average Bonchev–Trinajstić information content (AvgIpc) is 2.64. The highest BCUT2D eigenvalue weighted by molar-refractivity contribution is 5.96. The molecule has 25 heavy (non-hydrogen) atoms. The normalized spacial score (nSPS) is 11.8. The number of para-hydroxylation sites is 1. The first kappa shape index (κ1) is 16.9. The molecule has 1 amide bonds. The highest BCUT2D eigenvalue weighted by Gasteiger charge is 2.25. The van der Waals surface area contributed by atoms with Gasteiger partial charge in [0.1, 0.15) is 0 Å². The first-order chi connectivity index (χ1) is 12.1. The van der Waals surface area contributed by atoms with E-state index in [-0.39, 0.29) is 11.9 Å². The molecule has 0 bridgehead atoms. The molecule has 2 aromatic carbocycles. The lowest BCUT2D eigenvalue weighted by Crippen LogP contribution is -2.47. The van der Waals surface area contributed by atoms with Crippen molar-refractivity contribution >= 4 is 11.6 Å². The number of rotatable bonds is 4. The third-order valence-corrected chi connectivity index (χ3v) is 4.62. The first-order valence-electron chi connectivity index (χ1n) is 8.50. The summed E-state index contributed by atoms with van der Waals surface area (Å²) in [6.45, 7) is 6.02. The topological polar surface area (TPSA) is 33.0 Å². The SMILES string of the molecule is Cc1ccc[n+]([C@H](C)C(=O)Nc2ccccc2-c2ccccc2)c1C. The molecule has 0 radical (unpaired) electrons. The summed E-state index contributed by atoms with van der Waals surface area (Å²) < 4.78 is 2.01. The Balaban J connectivity index is 1.88. The molecule has 0 spiro atoms. The second-order valence-corrected chi connectivity index (χ2v) is 6.26. The lowest BCUT2D eigenvalue weighted by Gasteiger charge is -2.14. The number of nitrogens with one attached hydrogen (secondary N) is 1. The maximum atomic E-state index is 12.8. The molecule has 3 nitrogen and oxygen atoms in total. The number of hydrogen-bond donors (Lipinski definition) is 1. The maximum Gasteiger partial charge on any atom is 0.293 e. The second-order valence-electron chi connectivity index (χ2n) is 6.26. The van der Waals surface area contributed by atoms with Gasteiger partial charge in [0.05, 0.1) is 0 Å². The lowest BCUT2D eigenvalue weighted by molar-refractivity contribution is -0.711. The Morgan fingerprint density at radius 1 is 0.920 bits per heavy atom. The van der Waals surface area contributed by atoms with E-state index in [0.29, 0.717) is 0 Å². The molecule has 1 N–H and O–H groups in total. The molecule has 0 saturated heterocycles. The van der Waals surface area contributed by atoms with E-state index in [1.165, 1.54) is 5.56 Å². The number of aromatic nitrogens is 1. The van der Waals surface area contributed by atoms with Crippen LogP contribution in [0.1, 0.15) is 24.2 Å². The van der Waals surface area contributed by atoms with E-state index < -0.39 is 0 Å². The fourth-order valence-electron chi connectivity index (χ4n) is 2.96. The van der Waals surface area contributed by atoms with Gasteiger partial charge in [0, 0.05) is 36.7 Å². The van der Waals surface area contributed by atoms with Crippen LogP contribution in [0.3, 0.4) is 0 Å². The fourth-order valence-corrected chi connectivity index (χ4v) is 2.96. The molecule has 1 aromatic heterocycles. The summed E-state index contributed by atoms with van der Waals surface area (Å²) in [5.41, 5.74) is 5.21. The van der Waals surface area contributed by atoms with Crippen molar-refractivity contribution in [1.29, 1.82) is 0 Å². The van der Waals surface area contributed by atoms with E-state index in [9.17, 15) is 4.79 Å². The maximum absolute atomic E-state index is 12.8. The number of aryl methyl sites for hydroxylation is 1. The Labute approximate surface area is 149 Å². The standard InChI is InChI=1S/C22H22N2O/c1-16-10-9-15-24(17(16)2)18(3)22(25)23-21-14-8-7-13-20(21)19-11-5-4-6-12-19/h4-15,18H,1-3H3/p+1/t18-/m1/s1. The van der Waals surface area contributed by atoms with Crippen molar-refractivity contribution in [2.24, 2.45) is 0 Å². The number of carbonyl (C=O) groups excluding carboxylic acids is 1. The molecule has 0 aliphatic rings. The molecular formula is C22H23N2O+. The second kappa shape index (κ2) is 7.31. The van der Waals surface area contributed by atoms with Gasteiger partial charge in [-0.25, -0.2) is 0 Å². The Hall–Kier alpha value is -2.94. The van der Waals surface area contributed by atoms with Crippen molar-refractivity contribution in [3.05, 3.63) is 84.2 Å². The van der Waals surface area contributed by atoms with Crippen LogP contribution in [0.4, 0.5) is 5.69 Å². The van der Waals surface area contributed by atoms with Crippen LogP contribution in [0.25, 0.3) is 11.1 Å². The van der Waals surface area contributed by atoms with E-state index >= 15 is 0 Å². The number of benzene rings is 2. The van der Waals surface area contributed by atoms with Crippen LogP contribution >= 0.6 is 0 Å². The third kappa shape index (κ3) is 3.61. The molecule has 126 valence electrons. The molecule has 1 atom stereocenters. The summed E-state index contributed by atoms with van der Waals surface area (Å²) in [6, 6.07) is 21.7. The lowest BCUT2D eigenvalue weighted by atomic mass is 10.0. The monoisotopic (exact) mass is 331 g/mol. The van der Waals surface area contributed by atoms with E-state index in [2.05, 4.69) is 18.3 Å². The summed E-state index contributed by atoms with van der Waals surface area (Å²) >= 11 is 0. The summed E-state index contributed by atoms with van der Waals surface area (Å²) in [4.78, 5) is 12.8. The van der Waals surface area contributed by atoms with Gasteiger partial charge in [0.25, 0.3) is 5.91 Å². The quantitative estimate of drug-likeness (QED) is 0.704. The number of anilines is 1. The molecule has 0 aliphatic heterocycles. The molecule has 3 aromatic rings. The van der Waals surface area contributed by atoms with Crippen molar-refractivity contribution in [1.82, 2.24) is 0 Å². The number of pyridine rings is 1. The number of amides is 1. The Morgan fingerprint density at radius 2 is 1.60 bits per heavy atom. The van der Waals surface area contributed by atoms with Gasteiger partial charge in [0.15, 0.2) is 11.9 Å². The Morgan fingerprint density at radius 3 is 2.36 bits per heavy atom. The zero-order valence-corrected chi connectivity index (χ0v) is 14.9. The van der Waals surface area contributed by atoms with Gasteiger partial charge in [0.2, 0.25) is 6.04 Å². The van der Waals surface area contributed by atoms with Crippen molar-refractivity contribution in [3.63, 3.8) is 0 Å². The Kier molecular flexibility index (Phi) is 4.94. The van der Waals surface area contributed by atoms with Crippen molar-refractivity contribution in [3.8, 4) is 11.1 Å². The van der Waals surface area contributed by atoms with Crippen LogP contribution in [0.2, 0.25) is 0 Å². The zero-order valence-electron chi connectivity index (χ0n) is 14.9. The third-order valence-electron chi connectivity index (χ3n) is 4.62. The minimum absolute atomic E-state index is 0.0259. The predicted molar refractivity (Wildman–Crippen MR) is 101 cm³/mol. The van der Waals surface area contributed by atoms with Crippen molar-refractivity contribution in [2.45, 2.75) is 26.8 Å². The van der Waals surface area contributed by atoms with Gasteiger partial charge in [-0.3, -0.25) is 4.79 Å². The summed E-state index contributed by atoms with van der Waals surface area (Å²) in [7, 11) is 0. The van der Waals surface area contributed by atoms with E-state index in [0.717, 1.165) is 22.5 Å². The molecule has 0 saturated carbocycles. The van der Waals surface area contributed by atoms with Crippen LogP contribution in [0.5, 0.6) is 0 Å². The molecule has 3 heteroatoms. The fraction of sp³-hybridized carbons (Fsp3) is 0.182. The number of carbonyl (C=O) groups is 1. The number of hydrogen-bond acceptors (Lipinski definition) is 1. The molecule has 1 heterocycles.